The standard InChI is InChI=1S/C13H18N2O/c1-13(2,9-16)7-10-8-15(3)12-11(10)5-4-6-14-12/h4-6,8,16H,7,9H2,1-3H3. The molecule has 0 saturated heterocycles. The molecule has 0 saturated carbocycles. The van der Waals surface area contributed by atoms with Gasteiger partial charge < -0.3 is 9.67 Å². The first kappa shape index (κ1) is 11.1. The summed E-state index contributed by atoms with van der Waals surface area (Å²) in [6.45, 7) is 4.34. The van der Waals surface area contributed by atoms with Crippen LogP contribution in [0.3, 0.4) is 0 Å². The van der Waals surface area contributed by atoms with E-state index < -0.39 is 0 Å². The molecule has 2 heterocycles. The minimum atomic E-state index is -0.0792. The van der Waals surface area contributed by atoms with Gasteiger partial charge in [0.25, 0.3) is 0 Å². The molecule has 2 rings (SSSR count). The van der Waals surface area contributed by atoms with E-state index in [1.165, 1.54) is 10.9 Å². The Kier molecular flexibility index (Phi) is 2.72. The lowest BCUT2D eigenvalue weighted by Crippen LogP contribution is -2.19. The van der Waals surface area contributed by atoms with Gasteiger partial charge in [-0.2, -0.15) is 0 Å². The molecule has 0 aromatic carbocycles. The second kappa shape index (κ2) is 3.91. The molecule has 2 aromatic heterocycles. The first-order valence-corrected chi connectivity index (χ1v) is 5.53. The van der Waals surface area contributed by atoms with E-state index in [1.807, 2.05) is 23.9 Å². The fraction of sp³-hybridized carbons (Fsp3) is 0.462. The summed E-state index contributed by atoms with van der Waals surface area (Å²) in [6.07, 6.45) is 4.78. The minimum absolute atomic E-state index is 0.0792. The van der Waals surface area contributed by atoms with Gasteiger partial charge in [-0.1, -0.05) is 13.8 Å². The van der Waals surface area contributed by atoms with Crippen LogP contribution in [0.2, 0.25) is 0 Å². The number of nitrogens with zero attached hydrogens (tertiary/aromatic N) is 2. The molecule has 0 aliphatic rings. The number of fused-ring (bicyclic) bond motifs is 1. The van der Waals surface area contributed by atoms with Gasteiger partial charge in [0.15, 0.2) is 0 Å². The van der Waals surface area contributed by atoms with E-state index in [0.717, 1.165) is 12.1 Å². The first-order chi connectivity index (χ1) is 7.53. The fourth-order valence-electron chi connectivity index (χ4n) is 2.01. The number of pyridine rings is 1. The third kappa shape index (κ3) is 1.95. The Morgan fingerprint density at radius 2 is 2.19 bits per heavy atom. The minimum Gasteiger partial charge on any atom is -0.396 e. The summed E-state index contributed by atoms with van der Waals surface area (Å²) in [5.74, 6) is 0. The van der Waals surface area contributed by atoms with E-state index in [2.05, 4.69) is 31.1 Å². The first-order valence-electron chi connectivity index (χ1n) is 5.53. The van der Waals surface area contributed by atoms with E-state index in [1.54, 1.807) is 0 Å². The van der Waals surface area contributed by atoms with Gasteiger partial charge in [-0.05, 0) is 29.5 Å². The number of rotatable bonds is 3. The Bertz CT molecular complexity index is 500. The van der Waals surface area contributed by atoms with E-state index in [0.29, 0.717) is 0 Å². The summed E-state index contributed by atoms with van der Waals surface area (Å²) in [5, 5.41) is 10.5. The van der Waals surface area contributed by atoms with Crippen LogP contribution in [0, 0.1) is 5.41 Å². The highest BCUT2D eigenvalue weighted by molar-refractivity contribution is 5.80. The molecule has 0 amide bonds. The van der Waals surface area contributed by atoms with Crippen LogP contribution in [0.5, 0.6) is 0 Å². The smallest absolute Gasteiger partial charge is 0.139 e. The van der Waals surface area contributed by atoms with E-state index in [-0.39, 0.29) is 12.0 Å². The second-order valence-electron chi connectivity index (χ2n) is 5.14. The fourth-order valence-corrected chi connectivity index (χ4v) is 2.01. The van der Waals surface area contributed by atoms with Crippen molar-refractivity contribution in [3.63, 3.8) is 0 Å². The van der Waals surface area contributed by atoms with Crippen LogP contribution in [-0.2, 0) is 13.5 Å². The predicted octanol–water partition coefficient (Wildman–Crippen LogP) is 2.13. The van der Waals surface area contributed by atoms with Gasteiger partial charge in [-0.3, -0.25) is 0 Å². The Labute approximate surface area is 95.7 Å². The van der Waals surface area contributed by atoms with Gasteiger partial charge in [-0.15, -0.1) is 0 Å². The third-order valence-electron chi connectivity index (χ3n) is 2.91. The quantitative estimate of drug-likeness (QED) is 0.857. The van der Waals surface area contributed by atoms with Crippen molar-refractivity contribution in [2.24, 2.45) is 12.5 Å². The van der Waals surface area contributed by atoms with E-state index in [9.17, 15) is 5.11 Å². The van der Waals surface area contributed by atoms with E-state index in [4.69, 9.17) is 0 Å². The Balaban J connectivity index is 2.46. The van der Waals surface area contributed by atoms with E-state index >= 15 is 0 Å². The van der Waals surface area contributed by atoms with Crippen molar-refractivity contribution in [1.29, 1.82) is 0 Å². The highest BCUT2D eigenvalue weighted by Gasteiger charge is 2.19. The van der Waals surface area contributed by atoms with Crippen LogP contribution in [0.25, 0.3) is 11.0 Å². The summed E-state index contributed by atoms with van der Waals surface area (Å²) in [7, 11) is 2.00. The summed E-state index contributed by atoms with van der Waals surface area (Å²) >= 11 is 0. The van der Waals surface area contributed by atoms with Gasteiger partial charge in [0.05, 0.1) is 0 Å². The zero-order valence-corrected chi connectivity index (χ0v) is 10.1. The zero-order valence-electron chi connectivity index (χ0n) is 10.1. The van der Waals surface area contributed by atoms with Gasteiger partial charge >= 0.3 is 0 Å². The molecular formula is C13H18N2O. The summed E-state index contributed by atoms with van der Waals surface area (Å²) in [6, 6.07) is 4.04. The molecule has 0 fully saturated rings. The molecule has 0 atom stereocenters. The average molecular weight is 218 g/mol. The van der Waals surface area contributed by atoms with Crippen LogP contribution in [0.4, 0.5) is 0 Å². The van der Waals surface area contributed by atoms with Crippen molar-refractivity contribution < 1.29 is 5.11 Å². The lowest BCUT2D eigenvalue weighted by molar-refractivity contribution is 0.160. The molecule has 0 radical (unpaired) electrons. The topological polar surface area (TPSA) is 38.0 Å². The van der Waals surface area contributed by atoms with Crippen LogP contribution >= 0.6 is 0 Å². The molecule has 16 heavy (non-hydrogen) atoms. The van der Waals surface area contributed by atoms with Crippen molar-refractivity contribution in [3.05, 3.63) is 30.1 Å². The summed E-state index contributed by atoms with van der Waals surface area (Å²) < 4.78 is 2.04. The molecular weight excluding hydrogens is 200 g/mol. The maximum atomic E-state index is 9.31. The van der Waals surface area contributed by atoms with Crippen LogP contribution < -0.4 is 0 Å². The van der Waals surface area contributed by atoms with Gasteiger partial charge in [-0.25, -0.2) is 4.98 Å². The Hall–Kier alpha value is -1.35. The molecule has 0 bridgehead atoms. The Morgan fingerprint density at radius 1 is 1.44 bits per heavy atom. The number of aliphatic hydroxyl groups excluding tert-OH is 1. The predicted molar refractivity (Wildman–Crippen MR) is 65.3 cm³/mol. The van der Waals surface area contributed by atoms with Gasteiger partial charge in [0.1, 0.15) is 5.65 Å². The van der Waals surface area contributed by atoms with Crippen LogP contribution in [0.15, 0.2) is 24.5 Å². The molecule has 0 aliphatic heterocycles. The summed E-state index contributed by atoms with van der Waals surface area (Å²) in [4.78, 5) is 4.36. The van der Waals surface area contributed by atoms with Gasteiger partial charge in [0, 0.05) is 31.4 Å². The maximum Gasteiger partial charge on any atom is 0.139 e. The molecule has 3 nitrogen and oxygen atoms in total. The second-order valence-corrected chi connectivity index (χ2v) is 5.14. The van der Waals surface area contributed by atoms with Gasteiger partial charge in [0.2, 0.25) is 0 Å². The maximum absolute atomic E-state index is 9.31. The van der Waals surface area contributed by atoms with Crippen molar-refractivity contribution in [2.45, 2.75) is 20.3 Å². The lowest BCUT2D eigenvalue weighted by Gasteiger charge is -2.20. The highest BCUT2D eigenvalue weighted by atomic mass is 16.3. The number of hydrogen-bond acceptors (Lipinski definition) is 2. The molecule has 2 aromatic rings. The molecule has 0 unspecified atom stereocenters. The van der Waals surface area contributed by atoms with Crippen molar-refractivity contribution >= 4 is 11.0 Å². The largest absolute Gasteiger partial charge is 0.396 e. The normalized spacial score (nSPS) is 12.2. The number of aliphatic hydroxyl groups is 1. The molecule has 86 valence electrons. The van der Waals surface area contributed by atoms with Crippen LogP contribution in [-0.4, -0.2) is 21.3 Å². The van der Waals surface area contributed by atoms with Crippen molar-refractivity contribution in [3.8, 4) is 0 Å². The monoisotopic (exact) mass is 218 g/mol. The summed E-state index contributed by atoms with van der Waals surface area (Å²) in [5.41, 5.74) is 2.18. The SMILES string of the molecule is Cn1cc(CC(C)(C)CO)c2cccnc21. The Morgan fingerprint density at radius 3 is 2.88 bits per heavy atom. The molecule has 3 heteroatoms. The lowest BCUT2D eigenvalue weighted by atomic mass is 9.87. The molecule has 1 N–H and O–H groups in total. The third-order valence-corrected chi connectivity index (χ3v) is 2.91. The van der Waals surface area contributed by atoms with Crippen LogP contribution in [0.1, 0.15) is 19.4 Å². The molecule has 0 aliphatic carbocycles. The highest BCUT2D eigenvalue weighted by Crippen LogP contribution is 2.26. The zero-order chi connectivity index (χ0) is 11.8. The average Bonchev–Trinajstić information content (AvgIpc) is 2.56. The van der Waals surface area contributed by atoms with Crippen molar-refractivity contribution in [1.82, 2.24) is 9.55 Å². The number of aryl methyl sites for hydroxylation is 1. The van der Waals surface area contributed by atoms with Crippen molar-refractivity contribution in [2.75, 3.05) is 6.61 Å². The number of aromatic nitrogens is 2. The number of hydrogen-bond donors (Lipinski definition) is 1. The molecule has 0 spiro atoms.